The van der Waals surface area contributed by atoms with Gasteiger partial charge in [0.15, 0.2) is 0 Å². The molecule has 4 aliphatic rings. The first-order chi connectivity index (χ1) is 20.1. The molecular formula is C33H42N6O2. The Morgan fingerprint density at radius 2 is 1.95 bits per heavy atom. The lowest BCUT2D eigenvalue weighted by Crippen LogP contribution is -2.55. The van der Waals surface area contributed by atoms with Crippen LogP contribution in [0.15, 0.2) is 36.9 Å². The molecule has 2 saturated heterocycles. The molecule has 41 heavy (non-hydrogen) atoms. The summed E-state index contributed by atoms with van der Waals surface area (Å²) in [6.07, 6.45) is 9.79. The van der Waals surface area contributed by atoms with Gasteiger partial charge in [0.2, 0.25) is 11.8 Å². The SMILES string of the molecule is C=CC(=O)N1CCN(c2nc(OC[C@@H]3CCCN3C)cc3c2CCN(c2cccc4c2CCCC4)C3)C[C@@H]1CC#N. The van der Waals surface area contributed by atoms with E-state index in [-0.39, 0.29) is 18.4 Å². The van der Waals surface area contributed by atoms with Crippen LogP contribution in [0.2, 0.25) is 0 Å². The van der Waals surface area contributed by atoms with Gasteiger partial charge >= 0.3 is 0 Å². The average molecular weight is 555 g/mol. The lowest BCUT2D eigenvalue weighted by Gasteiger charge is -2.42. The Hall–Kier alpha value is -3.57. The summed E-state index contributed by atoms with van der Waals surface area (Å²) in [5.41, 5.74) is 6.96. The Bertz CT molecular complexity index is 1340. The van der Waals surface area contributed by atoms with Crippen LogP contribution in [0.25, 0.3) is 0 Å². The number of nitrogens with zero attached hydrogens (tertiary/aromatic N) is 6. The van der Waals surface area contributed by atoms with Crippen LogP contribution < -0.4 is 14.5 Å². The number of carbonyl (C=O) groups excluding carboxylic acids is 1. The summed E-state index contributed by atoms with van der Waals surface area (Å²) in [7, 11) is 2.17. The molecule has 8 heteroatoms. The largest absolute Gasteiger partial charge is 0.476 e. The molecule has 216 valence electrons. The van der Waals surface area contributed by atoms with Gasteiger partial charge in [-0.3, -0.25) is 4.79 Å². The summed E-state index contributed by atoms with van der Waals surface area (Å²) < 4.78 is 6.41. The lowest BCUT2D eigenvalue weighted by atomic mass is 9.89. The fourth-order valence-electron chi connectivity index (χ4n) is 7.23. The minimum atomic E-state index is -0.190. The summed E-state index contributed by atoms with van der Waals surface area (Å²) in [6.45, 7) is 9.00. The molecule has 0 N–H and O–H groups in total. The highest BCUT2D eigenvalue weighted by Gasteiger charge is 2.33. The Balaban J connectivity index is 1.31. The van der Waals surface area contributed by atoms with Gasteiger partial charge in [-0.2, -0.15) is 10.2 Å². The maximum Gasteiger partial charge on any atom is 0.246 e. The van der Waals surface area contributed by atoms with Crippen molar-refractivity contribution < 1.29 is 9.53 Å². The first-order valence-electron chi connectivity index (χ1n) is 15.3. The van der Waals surface area contributed by atoms with Gasteiger partial charge in [0.05, 0.1) is 18.5 Å². The van der Waals surface area contributed by atoms with Crippen LogP contribution >= 0.6 is 0 Å². The lowest BCUT2D eigenvalue weighted by molar-refractivity contribution is -0.128. The number of likely N-dealkylation sites (tertiary alicyclic amines) is 1. The van der Waals surface area contributed by atoms with E-state index in [1.54, 1.807) is 4.90 Å². The second-order valence-electron chi connectivity index (χ2n) is 12.0. The number of amides is 1. The van der Waals surface area contributed by atoms with Crippen molar-refractivity contribution in [3.8, 4) is 11.9 Å². The monoisotopic (exact) mass is 554 g/mol. The number of pyridine rings is 1. The van der Waals surface area contributed by atoms with Gasteiger partial charge in [0.25, 0.3) is 0 Å². The minimum Gasteiger partial charge on any atom is -0.476 e. The highest BCUT2D eigenvalue weighted by Crippen LogP contribution is 2.37. The first kappa shape index (κ1) is 27.6. The molecule has 2 fully saturated rings. The van der Waals surface area contributed by atoms with Crippen molar-refractivity contribution in [2.75, 3.05) is 56.2 Å². The highest BCUT2D eigenvalue weighted by atomic mass is 16.5. The Labute approximate surface area is 244 Å². The van der Waals surface area contributed by atoms with Crippen LogP contribution in [0, 0.1) is 11.3 Å². The van der Waals surface area contributed by atoms with E-state index in [1.165, 1.54) is 59.7 Å². The molecule has 0 unspecified atom stereocenters. The van der Waals surface area contributed by atoms with Crippen molar-refractivity contribution in [2.45, 2.75) is 70.0 Å². The number of ether oxygens (including phenoxy) is 1. The van der Waals surface area contributed by atoms with Crippen molar-refractivity contribution in [3.63, 3.8) is 0 Å². The van der Waals surface area contributed by atoms with Gasteiger partial charge in [0, 0.05) is 56.1 Å². The minimum absolute atomic E-state index is 0.112. The maximum absolute atomic E-state index is 12.5. The summed E-state index contributed by atoms with van der Waals surface area (Å²) in [6, 6.07) is 11.5. The first-order valence-corrected chi connectivity index (χ1v) is 15.3. The molecule has 6 rings (SSSR count). The zero-order chi connectivity index (χ0) is 28.3. The van der Waals surface area contributed by atoms with E-state index in [4.69, 9.17) is 9.72 Å². The van der Waals surface area contributed by atoms with Crippen LogP contribution in [0.3, 0.4) is 0 Å². The maximum atomic E-state index is 12.5. The zero-order valence-corrected chi connectivity index (χ0v) is 24.4. The van der Waals surface area contributed by atoms with Gasteiger partial charge in [-0.05, 0) is 87.4 Å². The molecule has 1 amide bonds. The number of likely N-dealkylation sites (N-methyl/N-ethyl adjacent to an activating group) is 1. The third-order valence-corrected chi connectivity index (χ3v) is 9.54. The topological polar surface area (TPSA) is 75.9 Å². The van der Waals surface area contributed by atoms with Gasteiger partial charge in [-0.25, -0.2) is 0 Å². The molecule has 8 nitrogen and oxygen atoms in total. The number of piperazine rings is 1. The number of fused-ring (bicyclic) bond motifs is 2. The normalized spacial score (nSPS) is 22.6. The van der Waals surface area contributed by atoms with E-state index in [9.17, 15) is 10.1 Å². The quantitative estimate of drug-likeness (QED) is 0.477. The van der Waals surface area contributed by atoms with Gasteiger partial charge in [-0.1, -0.05) is 18.7 Å². The van der Waals surface area contributed by atoms with Gasteiger partial charge in [-0.15, -0.1) is 0 Å². The third-order valence-electron chi connectivity index (χ3n) is 9.54. The number of carbonyl (C=O) groups is 1. The van der Waals surface area contributed by atoms with Gasteiger partial charge in [0.1, 0.15) is 12.4 Å². The number of anilines is 2. The number of benzene rings is 1. The van der Waals surface area contributed by atoms with E-state index in [0.717, 1.165) is 44.7 Å². The molecule has 1 aromatic carbocycles. The Morgan fingerprint density at radius 1 is 1.07 bits per heavy atom. The Kier molecular flexibility index (Phi) is 8.16. The summed E-state index contributed by atoms with van der Waals surface area (Å²) in [5.74, 6) is 1.53. The molecule has 1 aliphatic carbocycles. The number of hydrogen-bond acceptors (Lipinski definition) is 7. The molecular weight excluding hydrogens is 512 g/mol. The van der Waals surface area contributed by atoms with E-state index in [2.05, 4.69) is 58.7 Å². The average Bonchev–Trinajstić information content (AvgIpc) is 3.43. The summed E-state index contributed by atoms with van der Waals surface area (Å²) in [4.78, 5) is 26.6. The van der Waals surface area contributed by atoms with Crippen molar-refractivity contribution in [2.24, 2.45) is 0 Å². The number of nitriles is 1. The van der Waals surface area contributed by atoms with Crippen LogP contribution in [-0.4, -0.2) is 79.2 Å². The zero-order valence-electron chi connectivity index (χ0n) is 24.4. The van der Waals surface area contributed by atoms with E-state index >= 15 is 0 Å². The molecule has 2 atom stereocenters. The summed E-state index contributed by atoms with van der Waals surface area (Å²) in [5, 5.41) is 9.52. The predicted octanol–water partition coefficient (Wildman–Crippen LogP) is 4.11. The van der Waals surface area contributed by atoms with Crippen LogP contribution in [0.5, 0.6) is 5.88 Å². The molecule has 0 spiro atoms. The standard InChI is InChI=1S/C33H42N6O2/c1-3-32(40)39-19-18-38(22-26(39)13-15-34)33-29-14-17-37(30-12-6-9-24-8-4-5-11-28(24)30)21-25(29)20-31(35-33)41-23-27-10-7-16-36(27)2/h3,6,9,12,20,26-27H,1,4-5,7-8,10-11,13-14,16-19,21-23H2,2H3/t26-,27-/m0/s1. The predicted molar refractivity (Wildman–Crippen MR) is 161 cm³/mol. The molecule has 3 aliphatic heterocycles. The Morgan fingerprint density at radius 3 is 2.76 bits per heavy atom. The van der Waals surface area contributed by atoms with Crippen molar-refractivity contribution in [1.29, 1.82) is 5.26 Å². The highest BCUT2D eigenvalue weighted by molar-refractivity contribution is 5.87. The number of aryl methyl sites for hydroxylation is 1. The molecule has 0 saturated carbocycles. The molecule has 2 aromatic rings. The number of rotatable bonds is 7. The van der Waals surface area contributed by atoms with Gasteiger partial charge < -0.3 is 24.3 Å². The fraction of sp³-hybridized carbons (Fsp3) is 0.545. The van der Waals surface area contributed by atoms with Crippen molar-refractivity contribution in [3.05, 3.63) is 59.2 Å². The second kappa shape index (κ2) is 12.1. The number of aromatic nitrogens is 1. The fourth-order valence-corrected chi connectivity index (χ4v) is 7.23. The molecule has 0 radical (unpaired) electrons. The second-order valence-corrected chi connectivity index (χ2v) is 12.0. The van der Waals surface area contributed by atoms with Crippen LogP contribution in [0.4, 0.5) is 11.5 Å². The van der Waals surface area contributed by atoms with E-state index < -0.39 is 0 Å². The smallest absolute Gasteiger partial charge is 0.246 e. The van der Waals surface area contributed by atoms with Crippen molar-refractivity contribution in [1.82, 2.24) is 14.8 Å². The van der Waals surface area contributed by atoms with E-state index in [1.807, 2.05) is 0 Å². The van der Waals surface area contributed by atoms with Crippen molar-refractivity contribution >= 4 is 17.4 Å². The molecule has 1 aromatic heterocycles. The molecule has 4 heterocycles. The number of hydrogen-bond donors (Lipinski definition) is 0. The third kappa shape index (κ3) is 5.65. The van der Waals surface area contributed by atoms with Crippen LogP contribution in [-0.2, 0) is 30.6 Å². The summed E-state index contributed by atoms with van der Waals surface area (Å²) >= 11 is 0. The van der Waals surface area contributed by atoms with E-state index in [0.29, 0.717) is 38.2 Å². The molecule has 0 bridgehead atoms. The van der Waals surface area contributed by atoms with Crippen LogP contribution in [0.1, 0.15) is 54.4 Å².